The van der Waals surface area contributed by atoms with E-state index in [1.807, 2.05) is 38.1 Å². The number of guanidine groups is 1. The maximum absolute atomic E-state index is 12.0. The molecule has 0 aromatic heterocycles. The summed E-state index contributed by atoms with van der Waals surface area (Å²) in [6.45, 7) is 13.2. The molecule has 1 aromatic carbocycles. The molecule has 1 aromatic rings. The number of aliphatic imine (C=N–C) groups is 1. The van der Waals surface area contributed by atoms with Gasteiger partial charge in [-0.3, -0.25) is 9.69 Å². The van der Waals surface area contributed by atoms with E-state index in [9.17, 15) is 4.79 Å². The molecule has 0 spiro atoms. The quantitative estimate of drug-likeness (QED) is 0.187. The number of ether oxygens (including phenoxy) is 1. The normalized spacial score (nSPS) is 14.9. The first kappa shape index (κ1) is 26.6. The van der Waals surface area contributed by atoms with Crippen molar-refractivity contribution in [3.05, 3.63) is 29.8 Å². The second-order valence-electron chi connectivity index (χ2n) is 7.78. The van der Waals surface area contributed by atoms with Crippen LogP contribution in [-0.2, 0) is 16.1 Å². The first-order valence-electron chi connectivity index (χ1n) is 10.8. The van der Waals surface area contributed by atoms with Gasteiger partial charge in [-0.2, -0.15) is 0 Å². The summed E-state index contributed by atoms with van der Waals surface area (Å²) < 4.78 is 5.39. The number of halogens is 1. The molecule has 2 rings (SSSR count). The van der Waals surface area contributed by atoms with Crippen molar-refractivity contribution in [2.75, 3.05) is 51.3 Å². The van der Waals surface area contributed by atoms with Crippen LogP contribution in [0, 0.1) is 5.92 Å². The molecule has 0 atom stereocenters. The highest BCUT2D eigenvalue weighted by Crippen LogP contribution is 2.13. The van der Waals surface area contributed by atoms with Gasteiger partial charge in [-0.25, -0.2) is 4.99 Å². The van der Waals surface area contributed by atoms with Crippen molar-refractivity contribution in [2.45, 2.75) is 40.2 Å². The molecule has 0 aliphatic carbocycles. The zero-order valence-electron chi connectivity index (χ0n) is 18.6. The van der Waals surface area contributed by atoms with Crippen LogP contribution < -0.4 is 16.0 Å². The third-order valence-corrected chi connectivity index (χ3v) is 4.62. The van der Waals surface area contributed by atoms with E-state index in [2.05, 4.69) is 32.8 Å². The van der Waals surface area contributed by atoms with Crippen molar-refractivity contribution < 1.29 is 9.53 Å². The molecule has 0 bridgehead atoms. The van der Waals surface area contributed by atoms with Crippen molar-refractivity contribution in [1.29, 1.82) is 0 Å². The molecule has 3 N–H and O–H groups in total. The molecule has 1 aliphatic rings. The van der Waals surface area contributed by atoms with Gasteiger partial charge in [0, 0.05) is 38.3 Å². The van der Waals surface area contributed by atoms with E-state index in [0.29, 0.717) is 18.9 Å². The highest BCUT2D eigenvalue weighted by atomic mass is 127. The van der Waals surface area contributed by atoms with Gasteiger partial charge in [-0.1, -0.05) is 26.0 Å². The summed E-state index contributed by atoms with van der Waals surface area (Å²) in [5, 5.41) is 9.67. The highest BCUT2D eigenvalue weighted by molar-refractivity contribution is 14.0. The standard InChI is InChI=1S/C22H37N5O2.HI/c1-4-23-22(24-9-6-10-27-11-13-29-14-12-27)25-17-19-7-5-8-20(16-19)26-21(28)15-18(2)3;/h5,7-8,16,18H,4,6,9-15,17H2,1-3H3,(H,26,28)(H2,23,24,25);1H. The summed E-state index contributed by atoms with van der Waals surface area (Å²) in [4.78, 5) is 19.1. The number of carbonyl (C=O) groups excluding carboxylic acids is 1. The van der Waals surface area contributed by atoms with Gasteiger partial charge in [0.25, 0.3) is 0 Å². The number of nitrogens with one attached hydrogen (secondary N) is 3. The molecule has 0 saturated carbocycles. The zero-order valence-corrected chi connectivity index (χ0v) is 20.9. The van der Waals surface area contributed by atoms with Crippen LogP contribution in [0.25, 0.3) is 0 Å². The lowest BCUT2D eigenvalue weighted by Gasteiger charge is -2.26. The summed E-state index contributed by atoms with van der Waals surface area (Å²) >= 11 is 0. The van der Waals surface area contributed by atoms with Crippen molar-refractivity contribution in [3.8, 4) is 0 Å². The highest BCUT2D eigenvalue weighted by Gasteiger charge is 2.09. The van der Waals surface area contributed by atoms with Gasteiger partial charge in [-0.15, -0.1) is 24.0 Å². The van der Waals surface area contributed by atoms with Crippen molar-refractivity contribution in [1.82, 2.24) is 15.5 Å². The van der Waals surface area contributed by atoms with Crippen LogP contribution in [0.2, 0.25) is 0 Å². The fourth-order valence-corrected chi connectivity index (χ4v) is 3.18. The Hall–Kier alpha value is -1.39. The average molecular weight is 531 g/mol. The Bertz CT molecular complexity index is 648. The molecule has 1 heterocycles. The predicted octanol–water partition coefficient (Wildman–Crippen LogP) is 3.07. The van der Waals surface area contributed by atoms with Gasteiger partial charge in [0.2, 0.25) is 5.91 Å². The van der Waals surface area contributed by atoms with E-state index in [1.54, 1.807) is 0 Å². The Morgan fingerprint density at radius 2 is 2.00 bits per heavy atom. The summed E-state index contributed by atoms with van der Waals surface area (Å²) in [6.07, 6.45) is 1.60. The summed E-state index contributed by atoms with van der Waals surface area (Å²) in [5.74, 6) is 1.22. The Morgan fingerprint density at radius 3 is 2.70 bits per heavy atom. The SMILES string of the molecule is CCNC(=NCc1cccc(NC(=O)CC(C)C)c1)NCCCN1CCOCC1.I. The Kier molecular flexibility index (Phi) is 13.7. The molecular formula is C22H38IN5O2. The van der Waals surface area contributed by atoms with Gasteiger partial charge in [-0.05, 0) is 43.5 Å². The second-order valence-corrected chi connectivity index (χ2v) is 7.78. The number of morpholine rings is 1. The molecule has 1 amide bonds. The van der Waals surface area contributed by atoms with Crippen LogP contribution >= 0.6 is 24.0 Å². The number of nitrogens with zero attached hydrogens (tertiary/aromatic N) is 2. The lowest BCUT2D eigenvalue weighted by Crippen LogP contribution is -2.40. The predicted molar refractivity (Wildman–Crippen MR) is 135 cm³/mol. The van der Waals surface area contributed by atoms with Crippen LogP contribution in [-0.4, -0.2) is 62.7 Å². The summed E-state index contributed by atoms with van der Waals surface area (Å²) in [7, 11) is 0. The van der Waals surface area contributed by atoms with Crippen LogP contribution in [0.4, 0.5) is 5.69 Å². The summed E-state index contributed by atoms with van der Waals surface area (Å²) in [6, 6.07) is 7.90. The second kappa shape index (κ2) is 15.4. The topological polar surface area (TPSA) is 78.0 Å². The number of amides is 1. The van der Waals surface area contributed by atoms with Crippen LogP contribution in [0.5, 0.6) is 0 Å². The van der Waals surface area contributed by atoms with Crippen LogP contribution in [0.3, 0.4) is 0 Å². The minimum atomic E-state index is 0. The number of rotatable bonds is 10. The molecule has 170 valence electrons. The lowest BCUT2D eigenvalue weighted by atomic mass is 10.1. The lowest BCUT2D eigenvalue weighted by molar-refractivity contribution is -0.116. The van der Waals surface area contributed by atoms with Crippen molar-refractivity contribution in [3.63, 3.8) is 0 Å². The van der Waals surface area contributed by atoms with E-state index >= 15 is 0 Å². The number of carbonyl (C=O) groups is 1. The van der Waals surface area contributed by atoms with E-state index in [0.717, 1.165) is 69.6 Å². The molecule has 7 nitrogen and oxygen atoms in total. The smallest absolute Gasteiger partial charge is 0.224 e. The first-order chi connectivity index (χ1) is 14.1. The summed E-state index contributed by atoms with van der Waals surface area (Å²) in [5.41, 5.74) is 1.89. The number of hydrogen-bond acceptors (Lipinski definition) is 4. The first-order valence-corrected chi connectivity index (χ1v) is 10.8. The maximum Gasteiger partial charge on any atom is 0.224 e. The van der Waals surface area contributed by atoms with Gasteiger partial charge in [0.15, 0.2) is 5.96 Å². The fraction of sp³-hybridized carbons (Fsp3) is 0.636. The van der Waals surface area contributed by atoms with E-state index < -0.39 is 0 Å². The minimum Gasteiger partial charge on any atom is -0.379 e. The van der Waals surface area contributed by atoms with Crippen molar-refractivity contribution >= 4 is 41.5 Å². The molecule has 1 fully saturated rings. The molecule has 1 aliphatic heterocycles. The van der Waals surface area contributed by atoms with Gasteiger partial charge in [0.05, 0.1) is 19.8 Å². The van der Waals surface area contributed by atoms with E-state index in [-0.39, 0.29) is 29.9 Å². The Balaban J connectivity index is 0.00000450. The zero-order chi connectivity index (χ0) is 20.9. The fourth-order valence-electron chi connectivity index (χ4n) is 3.18. The van der Waals surface area contributed by atoms with Crippen molar-refractivity contribution in [2.24, 2.45) is 10.9 Å². The molecule has 0 radical (unpaired) electrons. The molecular weight excluding hydrogens is 493 g/mol. The van der Waals surface area contributed by atoms with Gasteiger partial charge in [0.1, 0.15) is 0 Å². The van der Waals surface area contributed by atoms with Gasteiger partial charge < -0.3 is 20.7 Å². The molecule has 1 saturated heterocycles. The monoisotopic (exact) mass is 531 g/mol. The third kappa shape index (κ3) is 11.1. The molecule has 8 heteroatoms. The van der Waals surface area contributed by atoms with Crippen LogP contribution in [0.15, 0.2) is 29.3 Å². The number of anilines is 1. The van der Waals surface area contributed by atoms with Crippen LogP contribution in [0.1, 0.15) is 39.2 Å². The average Bonchev–Trinajstić information content (AvgIpc) is 2.69. The number of hydrogen-bond donors (Lipinski definition) is 3. The molecule has 30 heavy (non-hydrogen) atoms. The number of benzene rings is 1. The molecule has 0 unspecified atom stereocenters. The minimum absolute atomic E-state index is 0. The Morgan fingerprint density at radius 1 is 1.23 bits per heavy atom. The van der Waals surface area contributed by atoms with E-state index in [4.69, 9.17) is 4.74 Å². The Labute approximate surface area is 198 Å². The largest absolute Gasteiger partial charge is 0.379 e. The third-order valence-electron chi connectivity index (χ3n) is 4.62. The van der Waals surface area contributed by atoms with Gasteiger partial charge >= 0.3 is 0 Å². The maximum atomic E-state index is 12.0. The van der Waals surface area contributed by atoms with E-state index in [1.165, 1.54) is 0 Å².